The Morgan fingerprint density at radius 2 is 1.83 bits per heavy atom. The largest absolute Gasteiger partial charge is 0.294 e. The molecule has 0 aliphatic heterocycles. The first-order valence-corrected chi connectivity index (χ1v) is 6.80. The molecule has 88 valence electrons. The Bertz CT molecular complexity index is 683. The number of ketones is 1. The number of fused-ring (bicyclic) bond motifs is 1. The highest BCUT2D eigenvalue weighted by Gasteiger charge is 2.07. The van der Waals surface area contributed by atoms with Crippen molar-refractivity contribution in [3.63, 3.8) is 0 Å². The topological polar surface area (TPSA) is 17.1 Å². The van der Waals surface area contributed by atoms with E-state index in [4.69, 9.17) is 0 Å². The van der Waals surface area contributed by atoms with Gasteiger partial charge < -0.3 is 0 Å². The molecule has 1 heterocycles. The van der Waals surface area contributed by atoms with Crippen LogP contribution < -0.4 is 0 Å². The van der Waals surface area contributed by atoms with Crippen molar-refractivity contribution in [2.24, 2.45) is 0 Å². The summed E-state index contributed by atoms with van der Waals surface area (Å²) in [7, 11) is 0. The third-order valence-electron chi connectivity index (χ3n) is 3.02. The van der Waals surface area contributed by atoms with Crippen LogP contribution in [0.4, 0.5) is 0 Å². The number of carbonyl (C=O) groups excluding carboxylic acids is 1. The minimum atomic E-state index is 0.187. The van der Waals surface area contributed by atoms with Crippen LogP contribution in [0.1, 0.15) is 15.9 Å². The molecule has 2 heteroatoms. The van der Waals surface area contributed by atoms with E-state index in [1.165, 1.54) is 10.8 Å². The fourth-order valence-electron chi connectivity index (χ4n) is 2.06. The Labute approximate surface area is 110 Å². The average molecular weight is 252 g/mol. The van der Waals surface area contributed by atoms with E-state index in [0.29, 0.717) is 6.42 Å². The van der Waals surface area contributed by atoms with Crippen molar-refractivity contribution in [3.05, 3.63) is 70.4 Å². The summed E-state index contributed by atoms with van der Waals surface area (Å²) in [5, 5.41) is 6.24. The summed E-state index contributed by atoms with van der Waals surface area (Å²) in [6, 6.07) is 16.3. The number of thiophene rings is 1. The van der Waals surface area contributed by atoms with Crippen LogP contribution in [0.5, 0.6) is 0 Å². The van der Waals surface area contributed by atoms with E-state index in [9.17, 15) is 4.79 Å². The van der Waals surface area contributed by atoms with Gasteiger partial charge in [0, 0.05) is 17.4 Å². The van der Waals surface area contributed by atoms with Crippen molar-refractivity contribution >= 4 is 27.9 Å². The Kier molecular flexibility index (Phi) is 2.95. The van der Waals surface area contributed by atoms with Gasteiger partial charge in [-0.2, -0.15) is 11.3 Å². The third kappa shape index (κ3) is 2.20. The van der Waals surface area contributed by atoms with Gasteiger partial charge in [-0.1, -0.05) is 42.5 Å². The van der Waals surface area contributed by atoms with Gasteiger partial charge in [-0.15, -0.1) is 0 Å². The number of Topliss-reactive ketones (excluding diaryl/α,β-unsaturated/α-hetero) is 1. The molecule has 0 spiro atoms. The first-order chi connectivity index (χ1) is 8.83. The van der Waals surface area contributed by atoms with Crippen LogP contribution in [0.15, 0.2) is 59.3 Å². The predicted octanol–water partition coefficient (Wildman–Crippen LogP) is 4.33. The van der Waals surface area contributed by atoms with Gasteiger partial charge in [-0.3, -0.25) is 4.79 Å². The van der Waals surface area contributed by atoms with Crippen LogP contribution in [0.3, 0.4) is 0 Å². The van der Waals surface area contributed by atoms with Gasteiger partial charge in [0.2, 0.25) is 0 Å². The van der Waals surface area contributed by atoms with E-state index in [1.54, 1.807) is 11.3 Å². The number of benzene rings is 2. The van der Waals surface area contributed by atoms with E-state index in [0.717, 1.165) is 11.1 Å². The van der Waals surface area contributed by atoms with Crippen LogP contribution in [0.25, 0.3) is 10.8 Å². The molecule has 3 rings (SSSR count). The summed E-state index contributed by atoms with van der Waals surface area (Å²) in [6.45, 7) is 0. The minimum Gasteiger partial charge on any atom is -0.294 e. The molecule has 1 nitrogen and oxygen atoms in total. The molecule has 0 N–H and O–H groups in total. The molecule has 0 radical (unpaired) electrons. The molecule has 0 bridgehead atoms. The van der Waals surface area contributed by atoms with Crippen molar-refractivity contribution in [1.82, 2.24) is 0 Å². The van der Waals surface area contributed by atoms with Crippen molar-refractivity contribution in [2.75, 3.05) is 0 Å². The Balaban J connectivity index is 1.89. The Morgan fingerprint density at radius 1 is 1.00 bits per heavy atom. The zero-order valence-corrected chi connectivity index (χ0v) is 10.6. The van der Waals surface area contributed by atoms with Crippen molar-refractivity contribution in [1.29, 1.82) is 0 Å². The lowest BCUT2D eigenvalue weighted by Gasteiger charge is -2.02. The van der Waals surface area contributed by atoms with Crippen molar-refractivity contribution in [3.8, 4) is 0 Å². The monoisotopic (exact) mass is 252 g/mol. The molecule has 0 aliphatic rings. The average Bonchev–Trinajstić information content (AvgIpc) is 2.92. The molecule has 0 saturated heterocycles. The quantitative estimate of drug-likeness (QED) is 0.634. The van der Waals surface area contributed by atoms with E-state index in [1.807, 2.05) is 35.0 Å². The molecule has 0 amide bonds. The zero-order chi connectivity index (χ0) is 12.4. The van der Waals surface area contributed by atoms with Gasteiger partial charge >= 0.3 is 0 Å². The highest BCUT2D eigenvalue weighted by molar-refractivity contribution is 7.08. The maximum atomic E-state index is 12.0. The molecule has 0 atom stereocenters. The molecular formula is C16H12OS. The van der Waals surface area contributed by atoms with Crippen LogP contribution in [0.2, 0.25) is 0 Å². The van der Waals surface area contributed by atoms with E-state index in [-0.39, 0.29) is 5.78 Å². The van der Waals surface area contributed by atoms with Gasteiger partial charge in [0.25, 0.3) is 0 Å². The number of hydrogen-bond acceptors (Lipinski definition) is 2. The maximum Gasteiger partial charge on any atom is 0.168 e. The third-order valence-corrected chi connectivity index (χ3v) is 3.70. The van der Waals surface area contributed by atoms with E-state index >= 15 is 0 Å². The molecule has 0 saturated carbocycles. The molecule has 1 aromatic heterocycles. The minimum absolute atomic E-state index is 0.187. The smallest absolute Gasteiger partial charge is 0.168 e. The Hall–Kier alpha value is -1.93. The van der Waals surface area contributed by atoms with Gasteiger partial charge in [-0.25, -0.2) is 0 Å². The summed E-state index contributed by atoms with van der Waals surface area (Å²) >= 11 is 1.56. The van der Waals surface area contributed by atoms with Crippen LogP contribution in [0, 0.1) is 0 Å². The SMILES string of the molecule is O=C(Cc1ccc2ccccc2c1)c1ccsc1. The fraction of sp³-hybridized carbons (Fsp3) is 0.0625. The summed E-state index contributed by atoms with van der Waals surface area (Å²) < 4.78 is 0. The number of hydrogen-bond donors (Lipinski definition) is 0. The normalized spacial score (nSPS) is 10.7. The van der Waals surface area contributed by atoms with Crippen molar-refractivity contribution < 1.29 is 4.79 Å². The van der Waals surface area contributed by atoms with E-state index < -0.39 is 0 Å². The first-order valence-electron chi connectivity index (χ1n) is 5.86. The van der Waals surface area contributed by atoms with Crippen molar-refractivity contribution in [2.45, 2.75) is 6.42 Å². The second-order valence-corrected chi connectivity index (χ2v) is 5.07. The molecule has 0 unspecified atom stereocenters. The second kappa shape index (κ2) is 4.75. The van der Waals surface area contributed by atoms with Gasteiger partial charge in [0.05, 0.1) is 0 Å². The van der Waals surface area contributed by atoms with Crippen LogP contribution >= 0.6 is 11.3 Å². The molecular weight excluding hydrogens is 240 g/mol. The Morgan fingerprint density at radius 3 is 2.61 bits per heavy atom. The second-order valence-electron chi connectivity index (χ2n) is 4.29. The summed E-state index contributed by atoms with van der Waals surface area (Å²) in [6.07, 6.45) is 0.474. The van der Waals surface area contributed by atoms with Crippen LogP contribution in [-0.2, 0) is 6.42 Å². The lowest BCUT2D eigenvalue weighted by Crippen LogP contribution is -2.01. The van der Waals surface area contributed by atoms with Gasteiger partial charge in [-0.05, 0) is 27.8 Å². The maximum absolute atomic E-state index is 12.0. The van der Waals surface area contributed by atoms with Gasteiger partial charge in [0.1, 0.15) is 0 Å². The molecule has 3 aromatic rings. The molecule has 18 heavy (non-hydrogen) atoms. The highest BCUT2D eigenvalue weighted by Crippen LogP contribution is 2.17. The van der Waals surface area contributed by atoms with Gasteiger partial charge in [0.15, 0.2) is 5.78 Å². The molecule has 2 aromatic carbocycles. The fourth-order valence-corrected chi connectivity index (χ4v) is 2.72. The zero-order valence-electron chi connectivity index (χ0n) is 9.80. The lowest BCUT2D eigenvalue weighted by molar-refractivity contribution is 0.0993. The number of carbonyl (C=O) groups is 1. The molecule has 0 fully saturated rings. The summed E-state index contributed by atoms with van der Waals surface area (Å²) in [4.78, 5) is 12.0. The summed E-state index contributed by atoms with van der Waals surface area (Å²) in [5.74, 6) is 0.187. The summed E-state index contributed by atoms with van der Waals surface area (Å²) in [5.41, 5.74) is 1.89. The van der Waals surface area contributed by atoms with Crippen LogP contribution in [-0.4, -0.2) is 5.78 Å². The molecule has 0 aliphatic carbocycles. The number of rotatable bonds is 3. The highest BCUT2D eigenvalue weighted by atomic mass is 32.1. The standard InChI is InChI=1S/C16H12OS/c17-16(15-7-8-18-11-15)10-12-5-6-13-3-1-2-4-14(13)9-12/h1-9,11H,10H2. The predicted molar refractivity (Wildman–Crippen MR) is 76.3 cm³/mol. The first kappa shape index (κ1) is 11.2. The lowest BCUT2D eigenvalue weighted by atomic mass is 10.0. The van der Waals surface area contributed by atoms with E-state index in [2.05, 4.69) is 24.3 Å².